The molecule has 0 aliphatic rings. The Morgan fingerprint density at radius 1 is 1.41 bits per heavy atom. The van der Waals surface area contributed by atoms with Gasteiger partial charge in [0.1, 0.15) is 0 Å². The number of nitrogens with one attached hydrogen (secondary N) is 2. The third kappa shape index (κ3) is 4.90. The first-order valence-corrected chi connectivity index (χ1v) is 7.18. The Morgan fingerprint density at radius 3 is 2.68 bits per heavy atom. The molecule has 0 fully saturated rings. The van der Waals surface area contributed by atoms with Crippen LogP contribution in [-0.4, -0.2) is 29.1 Å². The van der Waals surface area contributed by atoms with Crippen LogP contribution >= 0.6 is 0 Å². The maximum atomic E-state index is 11.8. The first-order valence-electron chi connectivity index (χ1n) is 7.18. The molecule has 118 valence electrons. The topological polar surface area (TPSA) is 78.4 Å². The van der Waals surface area contributed by atoms with Gasteiger partial charge < -0.3 is 15.7 Å². The summed E-state index contributed by atoms with van der Waals surface area (Å²) in [6.45, 7) is 5.48. The highest BCUT2D eigenvalue weighted by Gasteiger charge is 2.28. The minimum atomic E-state index is -1.06. The molecule has 0 aliphatic heterocycles. The van der Waals surface area contributed by atoms with Crippen molar-refractivity contribution in [1.82, 2.24) is 5.32 Å². The fraction of sp³-hybridized carbons (Fsp3) is 0.412. The van der Waals surface area contributed by atoms with Crippen molar-refractivity contribution in [2.45, 2.75) is 32.8 Å². The van der Waals surface area contributed by atoms with Gasteiger partial charge in [0.15, 0.2) is 0 Å². The van der Waals surface area contributed by atoms with Crippen molar-refractivity contribution in [3.63, 3.8) is 0 Å². The second kappa shape index (κ2) is 7.62. The predicted molar refractivity (Wildman–Crippen MR) is 86.1 cm³/mol. The number of carbonyl (C=O) groups is 2. The van der Waals surface area contributed by atoms with Gasteiger partial charge in [-0.2, -0.15) is 0 Å². The van der Waals surface area contributed by atoms with Gasteiger partial charge in [-0.3, -0.25) is 9.59 Å². The van der Waals surface area contributed by atoms with Crippen LogP contribution in [0.4, 0.5) is 5.69 Å². The molecule has 0 saturated heterocycles. The van der Waals surface area contributed by atoms with Gasteiger partial charge in [0.2, 0.25) is 0 Å². The maximum absolute atomic E-state index is 11.8. The molecule has 0 aliphatic carbocycles. The highest BCUT2D eigenvalue weighted by Crippen LogP contribution is 2.18. The number of carbonyl (C=O) groups excluding carboxylic acids is 2. The molecule has 1 aromatic rings. The summed E-state index contributed by atoms with van der Waals surface area (Å²) >= 11 is 0. The minimum absolute atomic E-state index is 0.00294. The largest absolute Gasteiger partial charge is 0.388 e. The Morgan fingerprint density at radius 2 is 2.09 bits per heavy atom. The van der Waals surface area contributed by atoms with Crippen LogP contribution in [0.25, 0.3) is 0 Å². The maximum Gasteiger partial charge on any atom is 0.313 e. The molecule has 2 atom stereocenters. The number of terminal acetylenes is 1. The Hall–Kier alpha value is -2.32. The van der Waals surface area contributed by atoms with Crippen molar-refractivity contribution in [3.8, 4) is 12.3 Å². The molecule has 2 amide bonds. The van der Waals surface area contributed by atoms with E-state index in [9.17, 15) is 14.7 Å². The lowest BCUT2D eigenvalue weighted by Crippen LogP contribution is -2.47. The van der Waals surface area contributed by atoms with Crippen molar-refractivity contribution in [2.75, 3.05) is 11.9 Å². The van der Waals surface area contributed by atoms with Crippen molar-refractivity contribution in [3.05, 3.63) is 29.8 Å². The normalized spacial score (nSPS) is 14.3. The van der Waals surface area contributed by atoms with E-state index in [0.717, 1.165) is 6.42 Å². The van der Waals surface area contributed by atoms with E-state index in [1.807, 2.05) is 13.8 Å². The number of rotatable bonds is 5. The van der Waals surface area contributed by atoms with Crippen LogP contribution in [0.2, 0.25) is 0 Å². The van der Waals surface area contributed by atoms with Gasteiger partial charge in [0.25, 0.3) is 0 Å². The van der Waals surface area contributed by atoms with Crippen LogP contribution in [-0.2, 0) is 9.59 Å². The number of aliphatic hydroxyl groups is 1. The van der Waals surface area contributed by atoms with E-state index < -0.39 is 17.4 Å². The highest BCUT2D eigenvalue weighted by molar-refractivity contribution is 6.39. The molecule has 0 saturated carbocycles. The fourth-order valence-electron chi connectivity index (χ4n) is 1.83. The highest BCUT2D eigenvalue weighted by atomic mass is 16.3. The zero-order valence-corrected chi connectivity index (χ0v) is 13.1. The summed E-state index contributed by atoms with van der Waals surface area (Å²) in [7, 11) is 0. The van der Waals surface area contributed by atoms with Crippen molar-refractivity contribution in [1.29, 1.82) is 0 Å². The average Bonchev–Trinajstić information content (AvgIpc) is 2.51. The summed E-state index contributed by atoms with van der Waals surface area (Å²) in [5, 5.41) is 15.1. The Kier molecular flexibility index (Phi) is 6.14. The Labute approximate surface area is 131 Å². The predicted octanol–water partition coefficient (Wildman–Crippen LogP) is 1.52. The van der Waals surface area contributed by atoms with Gasteiger partial charge in [-0.15, -0.1) is 6.42 Å². The first-order chi connectivity index (χ1) is 10.3. The van der Waals surface area contributed by atoms with Gasteiger partial charge in [-0.05, 0) is 31.0 Å². The van der Waals surface area contributed by atoms with E-state index in [-0.39, 0.29) is 12.5 Å². The molecule has 1 aromatic carbocycles. The second-order valence-corrected chi connectivity index (χ2v) is 5.53. The number of hydrogen-bond acceptors (Lipinski definition) is 3. The SMILES string of the molecule is C#Cc1cccc(NC(=O)C(=O)NC[C@](C)(O)[C@H](C)CC)c1. The van der Waals surface area contributed by atoms with E-state index in [1.165, 1.54) is 0 Å². The van der Waals surface area contributed by atoms with Crippen molar-refractivity contribution >= 4 is 17.5 Å². The van der Waals surface area contributed by atoms with E-state index in [0.29, 0.717) is 11.3 Å². The lowest BCUT2D eigenvalue weighted by Gasteiger charge is -2.29. The smallest absolute Gasteiger partial charge is 0.313 e. The third-order valence-corrected chi connectivity index (χ3v) is 3.77. The standard InChI is InChI=1S/C17H22N2O3/c1-5-12(3)17(4,22)11-18-15(20)16(21)19-14-9-7-8-13(6-2)10-14/h2,7-10,12,22H,5,11H2,1,3-4H3,(H,18,20)(H,19,21)/t12-,17+/m1/s1. The molecule has 3 N–H and O–H groups in total. The average molecular weight is 302 g/mol. The molecule has 0 spiro atoms. The molecule has 0 aromatic heterocycles. The van der Waals surface area contributed by atoms with Crippen LogP contribution in [0.5, 0.6) is 0 Å². The van der Waals surface area contributed by atoms with Crippen molar-refractivity contribution in [2.24, 2.45) is 5.92 Å². The molecular formula is C17H22N2O3. The molecule has 5 nitrogen and oxygen atoms in total. The van der Waals surface area contributed by atoms with E-state index in [1.54, 1.807) is 31.2 Å². The van der Waals surface area contributed by atoms with Gasteiger partial charge in [-0.1, -0.05) is 32.3 Å². The molecule has 0 bridgehead atoms. The summed E-state index contributed by atoms with van der Waals surface area (Å²) in [5.74, 6) is 0.858. The van der Waals surface area contributed by atoms with E-state index in [2.05, 4.69) is 16.6 Å². The van der Waals surface area contributed by atoms with Crippen molar-refractivity contribution < 1.29 is 14.7 Å². The van der Waals surface area contributed by atoms with Crippen LogP contribution in [0, 0.1) is 18.3 Å². The fourth-order valence-corrected chi connectivity index (χ4v) is 1.83. The summed E-state index contributed by atoms with van der Waals surface area (Å²) in [6, 6.07) is 6.65. The zero-order chi connectivity index (χ0) is 16.8. The van der Waals surface area contributed by atoms with Gasteiger partial charge in [-0.25, -0.2) is 0 Å². The first kappa shape index (κ1) is 17.7. The van der Waals surface area contributed by atoms with Gasteiger partial charge in [0.05, 0.1) is 5.60 Å². The summed E-state index contributed by atoms with van der Waals surface area (Å²) < 4.78 is 0. The third-order valence-electron chi connectivity index (χ3n) is 3.77. The molecule has 0 radical (unpaired) electrons. The van der Waals surface area contributed by atoms with E-state index >= 15 is 0 Å². The number of hydrogen-bond donors (Lipinski definition) is 3. The number of amides is 2. The van der Waals surface area contributed by atoms with Crippen LogP contribution in [0.15, 0.2) is 24.3 Å². The minimum Gasteiger partial charge on any atom is -0.388 e. The Balaban J connectivity index is 2.59. The van der Waals surface area contributed by atoms with Crippen LogP contribution in [0.1, 0.15) is 32.8 Å². The van der Waals surface area contributed by atoms with E-state index in [4.69, 9.17) is 6.42 Å². The number of anilines is 1. The van der Waals surface area contributed by atoms with Gasteiger partial charge >= 0.3 is 11.8 Å². The molecule has 1 rings (SSSR count). The van der Waals surface area contributed by atoms with Gasteiger partial charge in [0, 0.05) is 17.8 Å². The molecule has 5 heteroatoms. The molecular weight excluding hydrogens is 280 g/mol. The lowest BCUT2D eigenvalue weighted by molar-refractivity contribution is -0.137. The Bertz CT molecular complexity index is 588. The lowest BCUT2D eigenvalue weighted by atomic mass is 9.89. The number of benzene rings is 1. The van der Waals surface area contributed by atoms with Crippen LogP contribution in [0.3, 0.4) is 0 Å². The molecule has 0 heterocycles. The molecule has 0 unspecified atom stereocenters. The summed E-state index contributed by atoms with van der Waals surface area (Å²) in [4.78, 5) is 23.6. The summed E-state index contributed by atoms with van der Waals surface area (Å²) in [6.07, 6.45) is 6.05. The molecule has 22 heavy (non-hydrogen) atoms. The zero-order valence-electron chi connectivity index (χ0n) is 13.1. The summed E-state index contributed by atoms with van der Waals surface area (Å²) in [5.41, 5.74) is -0.00384. The van der Waals surface area contributed by atoms with Crippen LogP contribution < -0.4 is 10.6 Å². The second-order valence-electron chi connectivity index (χ2n) is 5.53. The monoisotopic (exact) mass is 302 g/mol. The quantitative estimate of drug-likeness (QED) is 0.570.